The largest absolute Gasteiger partial charge is 0.507 e. The van der Waals surface area contributed by atoms with Crippen LogP contribution in [0.1, 0.15) is 0 Å². The predicted molar refractivity (Wildman–Crippen MR) is 54.7 cm³/mol. The second kappa shape index (κ2) is 3.54. The highest BCUT2D eigenvalue weighted by Gasteiger charge is 2.27. The Balaban J connectivity index is 2.66. The van der Waals surface area contributed by atoms with Crippen LogP contribution < -0.4 is 5.73 Å². The van der Waals surface area contributed by atoms with Crippen molar-refractivity contribution in [3.05, 3.63) is 34.4 Å². The Hall–Kier alpha value is -2.57. The highest BCUT2D eigenvalue weighted by Crippen LogP contribution is 2.37. The molecule has 0 aliphatic carbocycles. The number of rotatable bonds is 2. The van der Waals surface area contributed by atoms with Gasteiger partial charge in [-0.1, -0.05) is 17.3 Å². The highest BCUT2D eigenvalue weighted by molar-refractivity contribution is 5.78. The van der Waals surface area contributed by atoms with Crippen LogP contribution in [0.3, 0.4) is 0 Å². The lowest BCUT2D eigenvalue weighted by atomic mass is 10.1. The molecule has 0 aliphatic rings. The number of phenolic OH excluding ortho intramolecular Hbond substituents is 1. The topological polar surface area (TPSA) is 115 Å². The van der Waals surface area contributed by atoms with Crippen molar-refractivity contribution < 1.29 is 14.6 Å². The Morgan fingerprint density at radius 2 is 2.12 bits per heavy atom. The summed E-state index contributed by atoms with van der Waals surface area (Å²) in [5.74, 6) is -0.512. The average molecular weight is 221 g/mol. The van der Waals surface area contributed by atoms with Gasteiger partial charge in [0.1, 0.15) is 5.75 Å². The van der Waals surface area contributed by atoms with Crippen molar-refractivity contribution >= 4 is 11.6 Å². The minimum atomic E-state index is -0.701. The number of nitrogens with zero attached hydrogens (tertiary/aromatic N) is 2. The Morgan fingerprint density at radius 1 is 1.44 bits per heavy atom. The molecule has 2 aromatic rings. The van der Waals surface area contributed by atoms with Crippen molar-refractivity contribution in [2.75, 3.05) is 5.73 Å². The standard InChI is InChI=1S/C9H7N3O4/c10-9-8(12(14)15)7(11-16-9)5-3-1-2-4-6(5)13/h1-4,13H,10H2. The summed E-state index contributed by atoms with van der Waals surface area (Å²) in [7, 11) is 0. The third-order valence-corrected chi connectivity index (χ3v) is 2.03. The van der Waals surface area contributed by atoms with Crippen LogP contribution in [-0.4, -0.2) is 15.2 Å². The van der Waals surface area contributed by atoms with E-state index in [1.165, 1.54) is 12.1 Å². The summed E-state index contributed by atoms with van der Waals surface area (Å²) in [5, 5.41) is 23.7. The molecule has 0 amide bonds. The summed E-state index contributed by atoms with van der Waals surface area (Å²) in [6.07, 6.45) is 0. The Labute approximate surface area is 89.2 Å². The molecule has 3 N–H and O–H groups in total. The molecule has 7 nitrogen and oxygen atoms in total. The van der Waals surface area contributed by atoms with Crippen molar-refractivity contribution in [3.63, 3.8) is 0 Å². The van der Waals surface area contributed by atoms with Gasteiger partial charge in [-0.3, -0.25) is 10.1 Å². The summed E-state index contributed by atoms with van der Waals surface area (Å²) in [4.78, 5) is 10.0. The van der Waals surface area contributed by atoms with E-state index in [0.717, 1.165) is 0 Å². The van der Waals surface area contributed by atoms with Crippen molar-refractivity contribution in [1.82, 2.24) is 5.16 Å². The Bertz CT molecular complexity index is 549. The van der Waals surface area contributed by atoms with Gasteiger partial charge in [-0.15, -0.1) is 0 Å². The van der Waals surface area contributed by atoms with Crippen LogP contribution in [0.5, 0.6) is 5.75 Å². The summed E-state index contributed by atoms with van der Waals surface area (Å²) in [6.45, 7) is 0. The molecule has 0 unspecified atom stereocenters. The van der Waals surface area contributed by atoms with Gasteiger partial charge in [0.05, 0.1) is 10.5 Å². The lowest BCUT2D eigenvalue weighted by Crippen LogP contribution is -1.93. The molecule has 0 spiro atoms. The van der Waals surface area contributed by atoms with E-state index in [2.05, 4.69) is 9.68 Å². The van der Waals surface area contributed by atoms with Crippen LogP contribution in [0.15, 0.2) is 28.8 Å². The molecule has 0 atom stereocenters. The van der Waals surface area contributed by atoms with Gasteiger partial charge in [0.2, 0.25) is 0 Å². The molecular weight excluding hydrogens is 214 g/mol. The van der Waals surface area contributed by atoms with E-state index >= 15 is 0 Å². The van der Waals surface area contributed by atoms with Crippen LogP contribution in [0.4, 0.5) is 11.6 Å². The van der Waals surface area contributed by atoms with Gasteiger partial charge in [-0.2, -0.15) is 0 Å². The van der Waals surface area contributed by atoms with E-state index in [-0.39, 0.29) is 22.9 Å². The zero-order valence-corrected chi connectivity index (χ0v) is 7.95. The van der Waals surface area contributed by atoms with Crippen LogP contribution in [-0.2, 0) is 0 Å². The summed E-state index contributed by atoms with van der Waals surface area (Å²) in [5.41, 5.74) is 4.95. The molecule has 0 bridgehead atoms. The molecule has 1 heterocycles. The minimum absolute atomic E-state index is 0.0828. The quantitative estimate of drug-likeness (QED) is 0.586. The first-order valence-corrected chi connectivity index (χ1v) is 4.29. The molecule has 16 heavy (non-hydrogen) atoms. The van der Waals surface area contributed by atoms with E-state index in [9.17, 15) is 15.2 Å². The molecule has 0 radical (unpaired) electrons. The number of para-hydroxylation sites is 1. The van der Waals surface area contributed by atoms with Gasteiger partial charge in [0.25, 0.3) is 0 Å². The Morgan fingerprint density at radius 3 is 2.75 bits per heavy atom. The SMILES string of the molecule is Nc1onc(-c2ccccc2O)c1[N+](=O)[O-]. The summed E-state index contributed by atoms with van der Waals surface area (Å²) >= 11 is 0. The number of hydrogen-bond donors (Lipinski definition) is 2. The molecule has 0 fully saturated rings. The van der Waals surface area contributed by atoms with Gasteiger partial charge in [-0.05, 0) is 12.1 Å². The number of aromatic hydroxyl groups is 1. The number of aromatic nitrogens is 1. The maximum atomic E-state index is 10.7. The fourth-order valence-electron chi connectivity index (χ4n) is 1.33. The third-order valence-electron chi connectivity index (χ3n) is 2.03. The molecule has 1 aromatic carbocycles. The predicted octanol–water partition coefficient (Wildman–Crippen LogP) is 1.54. The summed E-state index contributed by atoms with van der Waals surface area (Å²) < 4.78 is 4.54. The zero-order valence-electron chi connectivity index (χ0n) is 7.95. The number of hydrogen-bond acceptors (Lipinski definition) is 6. The lowest BCUT2D eigenvalue weighted by Gasteiger charge is -1.98. The highest BCUT2D eigenvalue weighted by atomic mass is 16.6. The van der Waals surface area contributed by atoms with E-state index in [1.807, 2.05) is 0 Å². The molecule has 0 aliphatic heterocycles. The summed E-state index contributed by atoms with van der Waals surface area (Å²) in [6, 6.07) is 6.08. The fourth-order valence-corrected chi connectivity index (χ4v) is 1.33. The normalized spacial score (nSPS) is 10.2. The molecule has 2 rings (SSSR count). The number of anilines is 1. The van der Waals surface area contributed by atoms with Gasteiger partial charge >= 0.3 is 11.6 Å². The first-order chi connectivity index (χ1) is 7.61. The fraction of sp³-hybridized carbons (Fsp3) is 0. The van der Waals surface area contributed by atoms with Crippen molar-refractivity contribution in [3.8, 4) is 17.0 Å². The number of nitrogens with two attached hydrogens (primary N) is 1. The molecule has 0 saturated heterocycles. The first-order valence-electron chi connectivity index (χ1n) is 4.29. The van der Waals surface area contributed by atoms with E-state index in [1.54, 1.807) is 12.1 Å². The Kier molecular flexibility index (Phi) is 2.20. The van der Waals surface area contributed by atoms with Gasteiger partial charge in [0.15, 0.2) is 5.69 Å². The van der Waals surface area contributed by atoms with Gasteiger partial charge < -0.3 is 15.4 Å². The van der Waals surface area contributed by atoms with E-state index in [4.69, 9.17) is 5.73 Å². The zero-order chi connectivity index (χ0) is 11.7. The van der Waals surface area contributed by atoms with Crippen molar-refractivity contribution in [2.45, 2.75) is 0 Å². The molecule has 82 valence electrons. The molecule has 0 saturated carbocycles. The lowest BCUT2D eigenvalue weighted by molar-refractivity contribution is -0.383. The molecule has 1 aromatic heterocycles. The number of nitrogen functional groups attached to an aromatic ring is 1. The van der Waals surface area contributed by atoms with Crippen LogP contribution >= 0.6 is 0 Å². The third kappa shape index (κ3) is 1.44. The number of benzene rings is 1. The maximum Gasteiger partial charge on any atom is 0.360 e. The molecule has 7 heteroatoms. The number of nitro groups is 1. The van der Waals surface area contributed by atoms with Gasteiger partial charge in [0, 0.05) is 0 Å². The van der Waals surface area contributed by atoms with Crippen molar-refractivity contribution in [2.24, 2.45) is 0 Å². The van der Waals surface area contributed by atoms with Crippen LogP contribution in [0.2, 0.25) is 0 Å². The van der Waals surface area contributed by atoms with Crippen LogP contribution in [0.25, 0.3) is 11.3 Å². The van der Waals surface area contributed by atoms with Gasteiger partial charge in [-0.25, -0.2) is 0 Å². The molecular formula is C9H7N3O4. The van der Waals surface area contributed by atoms with Crippen molar-refractivity contribution in [1.29, 1.82) is 0 Å². The monoisotopic (exact) mass is 221 g/mol. The second-order valence-electron chi connectivity index (χ2n) is 3.02. The smallest absolute Gasteiger partial charge is 0.360 e. The van der Waals surface area contributed by atoms with Crippen LogP contribution in [0, 0.1) is 10.1 Å². The minimum Gasteiger partial charge on any atom is -0.507 e. The maximum absolute atomic E-state index is 10.7. The average Bonchev–Trinajstić information content (AvgIpc) is 2.61. The van der Waals surface area contributed by atoms with E-state index < -0.39 is 10.6 Å². The van der Waals surface area contributed by atoms with E-state index in [0.29, 0.717) is 0 Å². The second-order valence-corrected chi connectivity index (χ2v) is 3.02. The number of phenols is 1. The first kappa shape index (κ1) is 9.97.